The van der Waals surface area contributed by atoms with Gasteiger partial charge < -0.3 is 15.5 Å². The number of thiophene rings is 1. The summed E-state index contributed by atoms with van der Waals surface area (Å²) in [4.78, 5) is 27.4. The second kappa shape index (κ2) is 9.12. The minimum atomic E-state index is -0.304. The van der Waals surface area contributed by atoms with Crippen LogP contribution in [0.25, 0.3) is 0 Å². The number of rotatable bonds is 6. The third kappa shape index (κ3) is 4.97. The number of halogens is 1. The summed E-state index contributed by atoms with van der Waals surface area (Å²) < 4.78 is 0. The highest BCUT2D eigenvalue weighted by Gasteiger charge is 2.33. The highest BCUT2D eigenvalue weighted by Crippen LogP contribution is 2.20. The number of nitrogens with zero attached hydrogens (tertiary/aromatic N) is 1. The molecular weight excluding hydrogens is 322 g/mol. The fourth-order valence-electron chi connectivity index (χ4n) is 2.48. The molecule has 1 aromatic rings. The molecule has 1 fully saturated rings. The Kier molecular flexibility index (Phi) is 7.85. The molecule has 1 aromatic heterocycles. The molecule has 2 atom stereocenters. The third-order valence-corrected chi connectivity index (χ3v) is 4.73. The van der Waals surface area contributed by atoms with Crippen molar-refractivity contribution in [1.82, 2.24) is 15.5 Å². The van der Waals surface area contributed by atoms with E-state index in [4.69, 9.17) is 0 Å². The Hall–Kier alpha value is -1.11. The van der Waals surface area contributed by atoms with E-state index in [2.05, 4.69) is 10.6 Å². The molecule has 7 heteroatoms. The first-order chi connectivity index (χ1) is 10.1. The number of amides is 2. The molecule has 0 radical (unpaired) electrons. The first kappa shape index (κ1) is 18.9. The van der Waals surface area contributed by atoms with E-state index in [0.717, 1.165) is 17.7 Å². The molecule has 0 aliphatic carbocycles. The van der Waals surface area contributed by atoms with Crippen molar-refractivity contribution in [2.45, 2.75) is 38.3 Å². The van der Waals surface area contributed by atoms with Gasteiger partial charge in [-0.1, -0.05) is 6.07 Å². The largest absolute Gasteiger partial charge is 0.353 e. The lowest BCUT2D eigenvalue weighted by atomic mass is 10.2. The van der Waals surface area contributed by atoms with Crippen LogP contribution in [0.3, 0.4) is 0 Å². The van der Waals surface area contributed by atoms with Crippen LogP contribution in [0.15, 0.2) is 17.5 Å². The van der Waals surface area contributed by atoms with Gasteiger partial charge in [0.2, 0.25) is 11.8 Å². The van der Waals surface area contributed by atoms with E-state index in [-0.39, 0.29) is 36.3 Å². The van der Waals surface area contributed by atoms with Crippen LogP contribution in [-0.4, -0.2) is 48.9 Å². The summed E-state index contributed by atoms with van der Waals surface area (Å²) in [6.45, 7) is 3.28. The van der Waals surface area contributed by atoms with Crippen molar-refractivity contribution in [3.8, 4) is 0 Å². The van der Waals surface area contributed by atoms with Crippen LogP contribution in [0, 0.1) is 0 Å². The van der Waals surface area contributed by atoms with E-state index in [9.17, 15) is 9.59 Å². The predicted octanol–water partition coefficient (Wildman–Crippen LogP) is 1.43. The molecule has 2 rings (SSSR count). The minimum absolute atomic E-state index is 0. The first-order valence-electron chi connectivity index (χ1n) is 7.38. The first-order valence-corrected chi connectivity index (χ1v) is 8.26. The van der Waals surface area contributed by atoms with Gasteiger partial charge in [-0.2, -0.15) is 0 Å². The van der Waals surface area contributed by atoms with E-state index in [1.165, 1.54) is 0 Å². The molecule has 124 valence electrons. The molecule has 2 heterocycles. The van der Waals surface area contributed by atoms with Gasteiger partial charge in [-0.15, -0.1) is 23.7 Å². The van der Waals surface area contributed by atoms with Crippen molar-refractivity contribution < 1.29 is 9.59 Å². The molecule has 0 bridgehead atoms. The number of hydrogen-bond donors (Lipinski definition) is 2. The lowest BCUT2D eigenvalue weighted by Gasteiger charge is -2.24. The highest BCUT2D eigenvalue weighted by atomic mass is 35.5. The average molecular weight is 346 g/mol. The number of hydrogen-bond acceptors (Lipinski definition) is 4. The van der Waals surface area contributed by atoms with Gasteiger partial charge in [0, 0.05) is 24.0 Å². The van der Waals surface area contributed by atoms with Gasteiger partial charge in [-0.25, -0.2) is 0 Å². The van der Waals surface area contributed by atoms with Gasteiger partial charge in [0.1, 0.15) is 6.04 Å². The zero-order valence-electron chi connectivity index (χ0n) is 13.0. The van der Waals surface area contributed by atoms with Gasteiger partial charge >= 0.3 is 0 Å². The van der Waals surface area contributed by atoms with Crippen molar-refractivity contribution >= 4 is 35.6 Å². The Morgan fingerprint density at radius 2 is 2.27 bits per heavy atom. The van der Waals surface area contributed by atoms with Crippen molar-refractivity contribution in [3.63, 3.8) is 0 Å². The number of carbonyl (C=O) groups is 2. The molecule has 1 aliphatic heterocycles. The van der Waals surface area contributed by atoms with Crippen LogP contribution in [0.5, 0.6) is 0 Å². The van der Waals surface area contributed by atoms with Gasteiger partial charge in [-0.3, -0.25) is 9.59 Å². The third-order valence-electron chi connectivity index (χ3n) is 3.86. The average Bonchev–Trinajstić information content (AvgIpc) is 3.14. The van der Waals surface area contributed by atoms with Crippen LogP contribution >= 0.6 is 23.7 Å². The summed E-state index contributed by atoms with van der Waals surface area (Å²) in [5.41, 5.74) is 0. The van der Waals surface area contributed by atoms with Crippen molar-refractivity contribution in [3.05, 3.63) is 22.4 Å². The molecular formula is C15H24ClN3O2S. The van der Waals surface area contributed by atoms with E-state index >= 15 is 0 Å². The van der Waals surface area contributed by atoms with Gasteiger partial charge in [0.15, 0.2) is 0 Å². The SMILES string of the molecule is CNC(C)CNC(=O)C1CCCN1C(=O)Cc1cccs1.Cl. The fraction of sp³-hybridized carbons (Fsp3) is 0.600. The lowest BCUT2D eigenvalue weighted by molar-refractivity contribution is -0.137. The minimum Gasteiger partial charge on any atom is -0.353 e. The maximum absolute atomic E-state index is 12.4. The summed E-state index contributed by atoms with van der Waals surface area (Å²) in [5.74, 6) is 0.0193. The summed E-state index contributed by atoms with van der Waals surface area (Å²) in [6, 6.07) is 3.83. The fourth-order valence-corrected chi connectivity index (χ4v) is 3.17. The van der Waals surface area contributed by atoms with Crippen LogP contribution in [-0.2, 0) is 16.0 Å². The topological polar surface area (TPSA) is 61.4 Å². The molecule has 0 aromatic carbocycles. The summed E-state index contributed by atoms with van der Waals surface area (Å²) in [6.07, 6.45) is 2.06. The van der Waals surface area contributed by atoms with E-state index in [1.807, 2.05) is 31.5 Å². The number of carbonyl (C=O) groups excluding carboxylic acids is 2. The molecule has 5 nitrogen and oxygen atoms in total. The number of likely N-dealkylation sites (tertiary alicyclic amines) is 1. The number of likely N-dealkylation sites (N-methyl/N-ethyl adjacent to an activating group) is 1. The van der Waals surface area contributed by atoms with Crippen molar-refractivity contribution in [1.29, 1.82) is 0 Å². The zero-order chi connectivity index (χ0) is 15.2. The van der Waals surface area contributed by atoms with E-state index in [1.54, 1.807) is 16.2 Å². The second-order valence-electron chi connectivity index (χ2n) is 5.44. The Bertz CT molecular complexity index is 481. The standard InChI is InChI=1S/C15H23N3O2S.ClH/c1-11(16-2)10-17-15(20)13-6-3-7-18(13)14(19)9-12-5-4-8-21-12;/h4-5,8,11,13,16H,3,6-7,9-10H2,1-2H3,(H,17,20);1H. The molecule has 2 unspecified atom stereocenters. The molecule has 2 N–H and O–H groups in total. The van der Waals surface area contributed by atoms with Crippen LogP contribution < -0.4 is 10.6 Å². The van der Waals surface area contributed by atoms with Gasteiger partial charge in [0.25, 0.3) is 0 Å². The second-order valence-corrected chi connectivity index (χ2v) is 6.47. The smallest absolute Gasteiger partial charge is 0.242 e. The highest BCUT2D eigenvalue weighted by molar-refractivity contribution is 7.10. The monoisotopic (exact) mass is 345 g/mol. The molecule has 2 amide bonds. The summed E-state index contributed by atoms with van der Waals surface area (Å²) >= 11 is 1.58. The van der Waals surface area contributed by atoms with E-state index in [0.29, 0.717) is 19.5 Å². The lowest BCUT2D eigenvalue weighted by Crippen LogP contribution is -2.48. The molecule has 22 heavy (non-hydrogen) atoms. The van der Waals surface area contributed by atoms with Crippen LogP contribution in [0.4, 0.5) is 0 Å². The Morgan fingerprint density at radius 3 is 2.91 bits per heavy atom. The molecule has 0 spiro atoms. The summed E-state index contributed by atoms with van der Waals surface area (Å²) in [7, 11) is 1.86. The van der Waals surface area contributed by atoms with E-state index < -0.39 is 0 Å². The normalized spacial score (nSPS) is 18.6. The maximum atomic E-state index is 12.4. The molecule has 1 aliphatic rings. The predicted molar refractivity (Wildman–Crippen MR) is 91.5 cm³/mol. The zero-order valence-corrected chi connectivity index (χ0v) is 14.6. The molecule has 0 saturated carbocycles. The Balaban J connectivity index is 0.00000242. The maximum Gasteiger partial charge on any atom is 0.242 e. The Labute approximate surface area is 141 Å². The van der Waals surface area contributed by atoms with Crippen LogP contribution in [0.2, 0.25) is 0 Å². The quantitative estimate of drug-likeness (QED) is 0.820. The van der Waals surface area contributed by atoms with Crippen molar-refractivity contribution in [2.75, 3.05) is 20.1 Å². The van der Waals surface area contributed by atoms with Crippen molar-refractivity contribution in [2.24, 2.45) is 0 Å². The summed E-state index contributed by atoms with van der Waals surface area (Å²) in [5, 5.41) is 7.98. The van der Waals surface area contributed by atoms with Gasteiger partial charge in [0.05, 0.1) is 6.42 Å². The molecule has 1 saturated heterocycles. The number of nitrogens with one attached hydrogen (secondary N) is 2. The van der Waals surface area contributed by atoms with Crippen LogP contribution in [0.1, 0.15) is 24.6 Å². The van der Waals surface area contributed by atoms with Gasteiger partial charge in [-0.05, 0) is 38.3 Å². The Morgan fingerprint density at radius 1 is 1.50 bits per heavy atom.